The predicted octanol–water partition coefficient (Wildman–Crippen LogP) is 0.985. The fraction of sp³-hybridized carbons (Fsp3) is 0.500. The van der Waals surface area contributed by atoms with Crippen LogP contribution in [0.15, 0.2) is 24.3 Å². The highest BCUT2D eigenvalue weighted by molar-refractivity contribution is 6.30. The Hall–Kier alpha value is -2.12. The van der Waals surface area contributed by atoms with Crippen LogP contribution in [0, 0.1) is 5.92 Å². The molecule has 7 nitrogen and oxygen atoms in total. The summed E-state index contributed by atoms with van der Waals surface area (Å²) in [6.45, 7) is 2.58. The maximum Gasteiger partial charge on any atom is 0.314 e. The summed E-state index contributed by atoms with van der Waals surface area (Å²) in [6.07, 6.45) is -0.676. The lowest BCUT2D eigenvalue weighted by Gasteiger charge is -2.41. The SMILES string of the molecule is CCOC(=O)[C@@H]1[C@@H](O)C(=O)NC12CCN(C(=O)c1ccc(Cl)cc1)CC2. The van der Waals surface area contributed by atoms with Crippen LogP contribution in [0.1, 0.15) is 30.1 Å². The fourth-order valence-corrected chi connectivity index (χ4v) is 3.88. The lowest BCUT2D eigenvalue weighted by atomic mass is 9.76. The zero-order chi connectivity index (χ0) is 18.9. The molecule has 0 bridgehead atoms. The van der Waals surface area contributed by atoms with Gasteiger partial charge in [-0.2, -0.15) is 0 Å². The molecule has 0 saturated carbocycles. The van der Waals surface area contributed by atoms with E-state index in [0.717, 1.165) is 0 Å². The van der Waals surface area contributed by atoms with Crippen LogP contribution in [-0.4, -0.2) is 59.1 Å². The molecule has 2 N–H and O–H groups in total. The third kappa shape index (κ3) is 3.29. The van der Waals surface area contributed by atoms with Gasteiger partial charge in [0.1, 0.15) is 12.0 Å². The van der Waals surface area contributed by atoms with Crippen molar-refractivity contribution in [3.63, 3.8) is 0 Å². The number of nitrogens with one attached hydrogen (secondary N) is 1. The van der Waals surface area contributed by atoms with Crippen LogP contribution in [-0.2, 0) is 14.3 Å². The van der Waals surface area contributed by atoms with Gasteiger partial charge in [-0.1, -0.05) is 11.6 Å². The average molecular weight is 381 g/mol. The van der Waals surface area contributed by atoms with Crippen LogP contribution in [0.4, 0.5) is 0 Å². The first kappa shape index (κ1) is 18.7. The molecule has 2 amide bonds. The van der Waals surface area contributed by atoms with E-state index in [1.165, 1.54) is 0 Å². The molecule has 2 fully saturated rings. The van der Waals surface area contributed by atoms with Crippen molar-refractivity contribution in [2.75, 3.05) is 19.7 Å². The minimum absolute atomic E-state index is 0.130. The maximum atomic E-state index is 12.6. The zero-order valence-electron chi connectivity index (χ0n) is 14.4. The number of halogens is 1. The molecule has 2 atom stereocenters. The number of rotatable bonds is 3. The van der Waals surface area contributed by atoms with E-state index in [1.54, 1.807) is 36.1 Å². The van der Waals surface area contributed by atoms with Gasteiger partial charge in [0.15, 0.2) is 0 Å². The van der Waals surface area contributed by atoms with Crippen molar-refractivity contribution < 1.29 is 24.2 Å². The number of aliphatic hydroxyl groups is 1. The second-order valence-corrected chi connectivity index (χ2v) is 7.06. The van der Waals surface area contributed by atoms with Crippen molar-refractivity contribution in [2.24, 2.45) is 5.92 Å². The van der Waals surface area contributed by atoms with Gasteiger partial charge in [-0.05, 0) is 44.0 Å². The number of likely N-dealkylation sites (tertiary alicyclic amines) is 1. The number of esters is 1. The van der Waals surface area contributed by atoms with E-state index in [2.05, 4.69) is 5.32 Å². The molecular weight excluding hydrogens is 360 g/mol. The van der Waals surface area contributed by atoms with E-state index in [4.69, 9.17) is 16.3 Å². The summed E-state index contributed by atoms with van der Waals surface area (Å²) in [7, 11) is 0. The van der Waals surface area contributed by atoms with Crippen LogP contribution in [0.25, 0.3) is 0 Å². The molecule has 1 aromatic carbocycles. The maximum absolute atomic E-state index is 12.6. The van der Waals surface area contributed by atoms with Gasteiger partial charge in [0, 0.05) is 23.7 Å². The second kappa shape index (κ2) is 7.25. The molecule has 0 aliphatic carbocycles. The van der Waals surface area contributed by atoms with Gasteiger partial charge in [-0.3, -0.25) is 14.4 Å². The number of piperidine rings is 1. The largest absolute Gasteiger partial charge is 0.466 e. The Morgan fingerprint density at radius 3 is 2.50 bits per heavy atom. The minimum atomic E-state index is -1.42. The first-order chi connectivity index (χ1) is 12.4. The van der Waals surface area contributed by atoms with Crippen molar-refractivity contribution in [3.8, 4) is 0 Å². The Balaban J connectivity index is 1.73. The summed E-state index contributed by atoms with van der Waals surface area (Å²) in [6, 6.07) is 6.64. The van der Waals surface area contributed by atoms with E-state index >= 15 is 0 Å². The van der Waals surface area contributed by atoms with E-state index in [9.17, 15) is 19.5 Å². The second-order valence-electron chi connectivity index (χ2n) is 6.62. The van der Waals surface area contributed by atoms with Gasteiger partial charge in [-0.15, -0.1) is 0 Å². The molecule has 26 heavy (non-hydrogen) atoms. The van der Waals surface area contributed by atoms with Gasteiger partial charge >= 0.3 is 5.97 Å². The number of hydrogen-bond acceptors (Lipinski definition) is 5. The van der Waals surface area contributed by atoms with Gasteiger partial charge in [0.25, 0.3) is 5.91 Å². The molecular formula is C18H21ClN2O5. The number of amides is 2. The molecule has 2 aliphatic heterocycles. The van der Waals surface area contributed by atoms with Crippen molar-refractivity contribution in [1.29, 1.82) is 0 Å². The third-order valence-corrected chi connectivity index (χ3v) is 5.38. The summed E-state index contributed by atoms with van der Waals surface area (Å²) in [5.74, 6) is -2.24. The zero-order valence-corrected chi connectivity index (χ0v) is 15.2. The van der Waals surface area contributed by atoms with Gasteiger partial charge < -0.3 is 20.1 Å². The van der Waals surface area contributed by atoms with Crippen molar-refractivity contribution in [1.82, 2.24) is 10.2 Å². The number of nitrogens with zero attached hydrogens (tertiary/aromatic N) is 1. The van der Waals surface area contributed by atoms with E-state index in [1.807, 2.05) is 0 Å². The molecule has 1 spiro atoms. The van der Waals surface area contributed by atoms with E-state index in [0.29, 0.717) is 36.5 Å². The third-order valence-electron chi connectivity index (χ3n) is 5.13. The monoisotopic (exact) mass is 380 g/mol. The quantitative estimate of drug-likeness (QED) is 0.762. The van der Waals surface area contributed by atoms with Crippen LogP contribution in [0.2, 0.25) is 5.02 Å². The van der Waals surface area contributed by atoms with Crippen molar-refractivity contribution in [2.45, 2.75) is 31.4 Å². The van der Waals surface area contributed by atoms with Crippen LogP contribution in [0.3, 0.4) is 0 Å². The Morgan fingerprint density at radius 2 is 1.92 bits per heavy atom. The summed E-state index contributed by atoms with van der Waals surface area (Å²) < 4.78 is 5.04. The first-order valence-electron chi connectivity index (χ1n) is 8.59. The summed E-state index contributed by atoms with van der Waals surface area (Å²) in [4.78, 5) is 38.5. The van der Waals surface area contributed by atoms with Crippen LogP contribution >= 0.6 is 11.6 Å². The molecule has 2 heterocycles. The number of aliphatic hydroxyl groups excluding tert-OH is 1. The molecule has 3 rings (SSSR count). The highest BCUT2D eigenvalue weighted by atomic mass is 35.5. The first-order valence-corrected chi connectivity index (χ1v) is 8.97. The topological polar surface area (TPSA) is 95.9 Å². The predicted molar refractivity (Wildman–Crippen MR) is 93.6 cm³/mol. The summed E-state index contributed by atoms with van der Waals surface area (Å²) in [5, 5.41) is 13.5. The van der Waals surface area contributed by atoms with Crippen LogP contribution in [0.5, 0.6) is 0 Å². The van der Waals surface area contributed by atoms with Crippen molar-refractivity contribution >= 4 is 29.4 Å². The molecule has 1 aromatic rings. The lowest BCUT2D eigenvalue weighted by molar-refractivity contribution is -0.155. The Labute approximate surface area is 156 Å². The molecule has 2 saturated heterocycles. The number of hydrogen-bond donors (Lipinski definition) is 2. The van der Waals surface area contributed by atoms with Gasteiger partial charge in [0.05, 0.1) is 12.1 Å². The number of ether oxygens (including phenoxy) is 1. The summed E-state index contributed by atoms with van der Waals surface area (Å²) >= 11 is 5.85. The molecule has 0 radical (unpaired) electrons. The molecule has 140 valence electrons. The molecule has 2 aliphatic rings. The average Bonchev–Trinajstić information content (AvgIpc) is 2.86. The lowest BCUT2D eigenvalue weighted by Crippen LogP contribution is -2.57. The smallest absolute Gasteiger partial charge is 0.314 e. The minimum Gasteiger partial charge on any atom is -0.466 e. The van der Waals surface area contributed by atoms with Gasteiger partial charge in [0.2, 0.25) is 5.91 Å². The standard InChI is InChI=1S/C18H21ClN2O5/c1-2-26-17(25)13-14(22)15(23)20-18(13)7-9-21(10-8-18)16(24)11-3-5-12(19)6-4-11/h3-6,13-14,22H,2,7-10H2,1H3,(H,20,23)/t13-,14+/m0/s1. The highest BCUT2D eigenvalue weighted by Gasteiger charge is 2.57. The molecule has 0 unspecified atom stereocenters. The molecule has 0 aromatic heterocycles. The Morgan fingerprint density at radius 1 is 1.31 bits per heavy atom. The normalized spacial score (nSPS) is 24.4. The van der Waals surface area contributed by atoms with E-state index in [-0.39, 0.29) is 12.5 Å². The number of carbonyl (C=O) groups excluding carboxylic acids is 3. The highest BCUT2D eigenvalue weighted by Crippen LogP contribution is 2.38. The van der Waals surface area contributed by atoms with Crippen molar-refractivity contribution in [3.05, 3.63) is 34.9 Å². The summed E-state index contributed by atoms with van der Waals surface area (Å²) in [5.41, 5.74) is -0.345. The van der Waals surface area contributed by atoms with Crippen LogP contribution < -0.4 is 5.32 Å². The Bertz CT molecular complexity index is 713. The van der Waals surface area contributed by atoms with Gasteiger partial charge in [-0.25, -0.2) is 0 Å². The fourth-order valence-electron chi connectivity index (χ4n) is 3.76. The van der Waals surface area contributed by atoms with E-state index < -0.39 is 29.4 Å². The number of benzene rings is 1. The number of carbonyl (C=O) groups is 3. The Kier molecular flexibility index (Phi) is 5.20. The molecule has 8 heteroatoms.